The van der Waals surface area contributed by atoms with Gasteiger partial charge in [-0.1, -0.05) is 48.1 Å². The fraction of sp³-hybridized carbons (Fsp3) is 0.923. The van der Waals surface area contributed by atoms with Crippen molar-refractivity contribution in [3.63, 3.8) is 0 Å². The van der Waals surface area contributed by atoms with E-state index in [-0.39, 0.29) is 46.0 Å². The second kappa shape index (κ2) is 8.90. The van der Waals surface area contributed by atoms with Crippen molar-refractivity contribution < 1.29 is 27.1 Å². The average molecular weight is 651 g/mol. The number of aliphatic hydroxyl groups is 1. The molecule has 0 aromatic heterocycles. The van der Waals surface area contributed by atoms with Crippen LogP contribution in [-0.2, 0) is 0 Å². The van der Waals surface area contributed by atoms with Crippen molar-refractivity contribution in [3.8, 4) is 0 Å². The summed E-state index contributed by atoms with van der Waals surface area (Å²) in [4.78, 5) is 0. The van der Waals surface area contributed by atoms with Crippen LogP contribution in [-0.4, -0.2) is 42.8 Å². The Labute approximate surface area is 227 Å². The van der Waals surface area contributed by atoms with Crippen LogP contribution in [0.5, 0.6) is 0 Å². The Hall–Kier alpha value is 0.780. The smallest absolute Gasteiger partial charge is 0.383 e. The van der Waals surface area contributed by atoms with Crippen molar-refractivity contribution in [2.75, 3.05) is 15.9 Å². The van der Waals surface area contributed by atoms with Gasteiger partial charge in [-0.2, -0.15) is 22.0 Å². The van der Waals surface area contributed by atoms with Gasteiger partial charge in [0.1, 0.15) is 5.60 Å². The maximum atomic E-state index is 14.9. The molecule has 0 amide bonds. The number of hydrogen-bond donors (Lipinski definition) is 1. The third-order valence-corrected chi connectivity index (χ3v) is 15.0. The zero-order valence-electron chi connectivity index (χ0n) is 20.4. The van der Waals surface area contributed by atoms with Gasteiger partial charge in [0.25, 0.3) is 0 Å². The summed E-state index contributed by atoms with van der Waals surface area (Å²) in [5.74, 6) is -2.41. The summed E-state index contributed by atoms with van der Waals surface area (Å²) < 4.78 is 71.6. The minimum Gasteiger partial charge on any atom is -0.383 e. The number of thioether (sulfide) groups is 2. The number of alkyl halides is 6. The van der Waals surface area contributed by atoms with E-state index >= 15 is 0 Å². The number of allylic oxidation sites excluding steroid dienone is 1. The van der Waals surface area contributed by atoms with Gasteiger partial charge in [-0.05, 0) is 91.3 Å². The van der Waals surface area contributed by atoms with Crippen LogP contribution in [0.25, 0.3) is 0 Å². The van der Waals surface area contributed by atoms with Crippen molar-refractivity contribution in [3.05, 3.63) is 11.6 Å². The minimum absolute atomic E-state index is 0.0188. The zero-order chi connectivity index (χ0) is 25.5. The Balaban J connectivity index is 1.54. The molecule has 1 spiro atoms. The van der Waals surface area contributed by atoms with Gasteiger partial charge in [0, 0.05) is 16.9 Å². The van der Waals surface area contributed by atoms with Crippen LogP contribution in [0.2, 0.25) is 0 Å². The summed E-state index contributed by atoms with van der Waals surface area (Å²) >= 11 is 6.47. The van der Waals surface area contributed by atoms with Gasteiger partial charge in [-0.3, -0.25) is 0 Å². The maximum Gasteiger partial charge on any atom is 0.456 e. The van der Waals surface area contributed by atoms with E-state index in [1.165, 1.54) is 17.1 Å². The second-order valence-corrected chi connectivity index (χ2v) is 16.3. The molecular weight excluding hydrogens is 614 g/mol. The lowest BCUT2D eigenvalue weighted by molar-refractivity contribution is -0.364. The van der Waals surface area contributed by atoms with Crippen molar-refractivity contribution in [2.45, 2.75) is 93.4 Å². The largest absolute Gasteiger partial charge is 0.456 e. The predicted molar refractivity (Wildman–Crippen MR) is 142 cm³/mol. The summed E-state index contributed by atoms with van der Waals surface area (Å²) in [5, 5.41) is 11.2. The summed E-state index contributed by atoms with van der Waals surface area (Å²) in [7, 11) is 0. The average Bonchev–Trinajstić information content (AvgIpc) is 3.35. The van der Waals surface area contributed by atoms with Gasteiger partial charge in [0.2, 0.25) is 0 Å². The van der Waals surface area contributed by atoms with Crippen LogP contribution in [0, 0.1) is 34.5 Å². The standard InChI is InChI=1S/C26H36F5IOS2/c1-21-9-10-23(34-12-13-35-23)15-17(21)14-16(4-3-11-32)20-18(21)5-7-22(2)19(20)6-8-24(22,33)25(27,28)26(29,30)31/h15-16,18-20,33H,3-14H2,1-2H3/t16?,18-,19-,20+,21-,22-,24?/m0/s1. The molecule has 3 saturated carbocycles. The van der Waals surface area contributed by atoms with Crippen molar-refractivity contribution in [1.82, 2.24) is 0 Å². The van der Waals surface area contributed by atoms with E-state index in [4.69, 9.17) is 0 Å². The van der Waals surface area contributed by atoms with E-state index in [1.807, 2.05) is 0 Å². The summed E-state index contributed by atoms with van der Waals surface area (Å²) in [5.41, 5.74) is -2.97. The molecule has 0 radical (unpaired) electrons. The fourth-order valence-corrected chi connectivity index (χ4v) is 12.5. The Morgan fingerprint density at radius 1 is 1.00 bits per heavy atom. The van der Waals surface area contributed by atoms with E-state index < -0.39 is 29.5 Å². The van der Waals surface area contributed by atoms with E-state index in [9.17, 15) is 27.1 Å². The molecular formula is C26H36F5IOS2. The first-order valence-corrected chi connectivity index (χ1v) is 16.5. The molecule has 0 aromatic rings. The maximum absolute atomic E-state index is 14.9. The Kier molecular flexibility index (Phi) is 6.95. The molecule has 1 heterocycles. The predicted octanol–water partition coefficient (Wildman–Crippen LogP) is 8.50. The zero-order valence-corrected chi connectivity index (χ0v) is 24.2. The van der Waals surface area contributed by atoms with Crippen LogP contribution in [0.15, 0.2) is 11.6 Å². The van der Waals surface area contributed by atoms with Gasteiger partial charge in [-0.15, -0.1) is 23.5 Å². The van der Waals surface area contributed by atoms with Gasteiger partial charge in [0.15, 0.2) is 0 Å². The molecule has 7 atom stereocenters. The summed E-state index contributed by atoms with van der Waals surface area (Å²) in [6.07, 6.45) is 2.52. The first-order valence-electron chi connectivity index (χ1n) is 13.0. The number of fused-ring (bicyclic) bond motifs is 5. The number of rotatable bonds is 4. The number of halogens is 6. The highest BCUT2D eigenvalue weighted by Gasteiger charge is 2.79. The highest BCUT2D eigenvalue weighted by atomic mass is 127. The molecule has 5 rings (SSSR count). The second-order valence-electron chi connectivity index (χ2n) is 12.1. The molecule has 1 aliphatic heterocycles. The summed E-state index contributed by atoms with van der Waals surface area (Å²) in [6.45, 7) is 3.89. The highest BCUT2D eigenvalue weighted by Crippen LogP contribution is 2.73. The van der Waals surface area contributed by atoms with Crippen molar-refractivity contribution in [1.29, 1.82) is 0 Å². The van der Waals surface area contributed by atoms with Crippen LogP contribution >= 0.6 is 46.1 Å². The van der Waals surface area contributed by atoms with Crippen molar-refractivity contribution >= 4 is 46.1 Å². The molecule has 5 aliphatic rings. The fourth-order valence-electron chi connectivity index (χ4n) is 8.93. The van der Waals surface area contributed by atoms with Crippen LogP contribution in [0.4, 0.5) is 22.0 Å². The molecule has 0 bridgehead atoms. The Morgan fingerprint density at radius 3 is 2.29 bits per heavy atom. The molecule has 0 aromatic carbocycles. The van der Waals surface area contributed by atoms with E-state index in [0.717, 1.165) is 36.5 Å². The molecule has 1 saturated heterocycles. The van der Waals surface area contributed by atoms with Gasteiger partial charge < -0.3 is 5.11 Å². The first kappa shape index (κ1) is 27.4. The summed E-state index contributed by atoms with van der Waals surface area (Å²) in [6, 6.07) is 0. The van der Waals surface area contributed by atoms with Gasteiger partial charge in [0.05, 0.1) is 4.08 Å². The lowest BCUT2D eigenvalue weighted by atomic mass is 9.43. The molecule has 4 aliphatic carbocycles. The lowest BCUT2D eigenvalue weighted by Gasteiger charge is -2.62. The third-order valence-electron chi connectivity index (χ3n) is 10.8. The SMILES string of the molecule is C[C@]12CCC3(C=C1CC(CCCI)[C@@H]1[C@@H]2CC[C@@]2(C)[C@H]1CCC2(O)C(F)(F)C(F)(F)F)SCCS3. The minimum atomic E-state index is -5.75. The molecule has 35 heavy (non-hydrogen) atoms. The molecule has 1 N–H and O–H groups in total. The van der Waals surface area contributed by atoms with E-state index in [0.29, 0.717) is 6.42 Å². The normalized spacial score (nSPS) is 45.1. The van der Waals surface area contributed by atoms with Crippen LogP contribution in [0.1, 0.15) is 71.6 Å². The lowest BCUT2D eigenvalue weighted by Crippen LogP contribution is -2.66. The van der Waals surface area contributed by atoms with E-state index in [1.54, 1.807) is 6.92 Å². The molecule has 1 nitrogen and oxygen atoms in total. The van der Waals surface area contributed by atoms with Gasteiger partial charge >= 0.3 is 12.1 Å². The van der Waals surface area contributed by atoms with Crippen LogP contribution < -0.4 is 0 Å². The first-order chi connectivity index (χ1) is 16.2. The van der Waals surface area contributed by atoms with Gasteiger partial charge in [-0.25, -0.2) is 0 Å². The van der Waals surface area contributed by atoms with Crippen molar-refractivity contribution in [2.24, 2.45) is 34.5 Å². The highest BCUT2D eigenvalue weighted by molar-refractivity contribution is 14.1. The molecule has 200 valence electrons. The molecule has 2 unspecified atom stereocenters. The monoisotopic (exact) mass is 650 g/mol. The Morgan fingerprint density at radius 2 is 1.66 bits per heavy atom. The van der Waals surface area contributed by atoms with Crippen LogP contribution in [0.3, 0.4) is 0 Å². The molecule has 4 fully saturated rings. The third kappa shape index (κ3) is 3.83. The topological polar surface area (TPSA) is 20.2 Å². The Bertz CT molecular complexity index is 874. The number of hydrogen-bond acceptors (Lipinski definition) is 3. The molecule has 9 heteroatoms. The quantitative estimate of drug-likeness (QED) is 0.143. The van der Waals surface area contributed by atoms with E-state index in [2.05, 4.69) is 59.1 Å².